The molecule has 4 rings (SSSR count). The van der Waals surface area contributed by atoms with E-state index in [1.54, 1.807) is 30.5 Å². The van der Waals surface area contributed by atoms with Gasteiger partial charge in [-0.15, -0.1) is 0 Å². The van der Waals surface area contributed by atoms with Crippen LogP contribution in [0, 0.1) is 5.82 Å². The minimum absolute atomic E-state index is 0.000432. The Bertz CT molecular complexity index is 2530. The summed E-state index contributed by atoms with van der Waals surface area (Å²) in [6.45, 7) is 0.109. The number of benzene rings is 2. The van der Waals surface area contributed by atoms with E-state index in [4.69, 9.17) is 28.7 Å². The molecule has 1 aromatic heterocycles. The first-order chi connectivity index (χ1) is 35.3. The lowest BCUT2D eigenvalue weighted by atomic mass is 10.0. The monoisotopic (exact) mass is 1030 g/mol. The van der Waals surface area contributed by atoms with Crippen molar-refractivity contribution >= 4 is 76.0 Å². The van der Waals surface area contributed by atoms with E-state index in [-0.39, 0.29) is 82.1 Å². The molecular weight excluding hydrogens is 968 g/mol. The summed E-state index contributed by atoms with van der Waals surface area (Å²) in [5, 5.41) is 31.5. The number of para-hydroxylation sites is 1. The van der Waals surface area contributed by atoms with Crippen molar-refractivity contribution in [2.45, 2.75) is 113 Å². The third-order valence-corrected chi connectivity index (χ3v) is 11.7. The second kappa shape index (κ2) is 29.2. The standard InChI is InChI=1S/C47H67FN16O10/c1-25(66)58-32(14-7-19-55-46(50)51)40(69)61-34-16-17-38(67)54-18-6-13-31(39(49)68)59-43(72)36(22-27-23-57-30-12-5-3-10-28(27)30)62-41(70)33(15-8-20-56-47(52)53)60-44(73)35(21-26-9-2-4-11-29(26)48)63-45(74)37(24-65)64-42(34)71/h2-5,9-12,23,31-37,57,65H,6-8,13-22,24H2,1H3,(H2,49,68)(H,54,67)(H,58,66)(H,59,72)(H,60,73)(H,61,69)(H,62,70)(H,63,74)(H,64,71)(H4,50,51,55)(H4,52,53,56)/t31-,32-,33-,34-,35+,36?,37-/m0/s1. The summed E-state index contributed by atoms with van der Waals surface area (Å²) in [4.78, 5) is 134. The van der Waals surface area contributed by atoms with E-state index in [1.165, 1.54) is 18.2 Å². The molecule has 20 N–H and O–H groups in total. The van der Waals surface area contributed by atoms with Gasteiger partial charge >= 0.3 is 0 Å². The average molecular weight is 1040 g/mol. The van der Waals surface area contributed by atoms with E-state index in [0.717, 1.165) is 23.9 Å². The van der Waals surface area contributed by atoms with Crippen molar-refractivity contribution in [2.24, 2.45) is 38.7 Å². The SMILES string of the molecule is CC(=O)N[C@@H](CCCN=C(N)N)C(=O)N[C@H]1CCC(=O)NCCC[C@@H](C(N)=O)NC(=O)C(Cc2c[nH]c3ccccc23)NC(=O)[C@H](CCCN=C(N)N)NC(=O)[C@@H](Cc2ccccc2F)NC(=O)[C@H](CO)NC1=O. The quantitative estimate of drug-likeness (QED) is 0.0346. The van der Waals surface area contributed by atoms with Crippen molar-refractivity contribution < 1.29 is 52.6 Å². The predicted molar refractivity (Wildman–Crippen MR) is 269 cm³/mol. The molecule has 27 heteroatoms. The lowest BCUT2D eigenvalue weighted by Gasteiger charge is -2.27. The highest BCUT2D eigenvalue weighted by atomic mass is 19.1. The molecule has 1 unspecified atom stereocenters. The van der Waals surface area contributed by atoms with E-state index in [1.807, 2.05) is 0 Å². The number of guanidine groups is 2. The van der Waals surface area contributed by atoms with Gasteiger partial charge in [-0.1, -0.05) is 36.4 Å². The van der Waals surface area contributed by atoms with Crippen LogP contribution in [-0.2, 0) is 56.0 Å². The van der Waals surface area contributed by atoms with Crippen molar-refractivity contribution in [3.63, 3.8) is 0 Å². The molecule has 1 aliphatic rings. The predicted octanol–water partition coefficient (Wildman–Crippen LogP) is -4.22. The third kappa shape index (κ3) is 19.0. The number of aromatic amines is 1. The Morgan fingerprint density at radius 2 is 1.31 bits per heavy atom. The summed E-state index contributed by atoms with van der Waals surface area (Å²) < 4.78 is 15.2. The van der Waals surface area contributed by atoms with Gasteiger partial charge in [0.25, 0.3) is 0 Å². The van der Waals surface area contributed by atoms with Gasteiger partial charge in [0.1, 0.15) is 48.1 Å². The first-order valence-corrected chi connectivity index (χ1v) is 23.9. The molecule has 0 radical (unpaired) electrons. The van der Waals surface area contributed by atoms with Gasteiger partial charge in [-0.25, -0.2) is 4.39 Å². The van der Waals surface area contributed by atoms with Crippen LogP contribution in [0.3, 0.4) is 0 Å². The topological polar surface area (TPSA) is 441 Å². The Kier molecular flexibility index (Phi) is 23.0. The van der Waals surface area contributed by atoms with E-state index in [9.17, 15) is 48.3 Å². The van der Waals surface area contributed by atoms with Gasteiger partial charge in [0.15, 0.2) is 11.9 Å². The highest BCUT2D eigenvalue weighted by Crippen LogP contribution is 2.20. The van der Waals surface area contributed by atoms with E-state index >= 15 is 4.39 Å². The number of primary amides is 1. The molecule has 0 spiro atoms. The molecule has 2 heterocycles. The third-order valence-electron chi connectivity index (χ3n) is 11.7. The molecule has 0 aliphatic carbocycles. The van der Waals surface area contributed by atoms with E-state index < -0.39 is 127 Å². The summed E-state index contributed by atoms with van der Waals surface area (Å²) in [7, 11) is 0. The van der Waals surface area contributed by atoms with Crippen molar-refractivity contribution in [2.75, 3.05) is 26.2 Å². The first-order valence-electron chi connectivity index (χ1n) is 23.9. The molecule has 0 saturated carbocycles. The van der Waals surface area contributed by atoms with Crippen LogP contribution in [0.5, 0.6) is 0 Å². The number of rotatable bonds is 17. The number of carbonyl (C=O) groups is 9. The van der Waals surface area contributed by atoms with Crippen LogP contribution in [0.25, 0.3) is 10.9 Å². The summed E-state index contributed by atoms with van der Waals surface area (Å²) in [6, 6.07) is 1.93. The van der Waals surface area contributed by atoms with Crippen molar-refractivity contribution in [1.82, 2.24) is 47.5 Å². The van der Waals surface area contributed by atoms with Crippen LogP contribution >= 0.6 is 0 Å². The number of nitrogens with zero attached hydrogens (tertiary/aromatic N) is 2. The number of aliphatic hydroxyl groups excluding tert-OH is 1. The highest BCUT2D eigenvalue weighted by molar-refractivity contribution is 5.98. The lowest BCUT2D eigenvalue weighted by molar-refractivity contribution is -0.136. The number of H-pyrrole nitrogens is 1. The molecule has 74 heavy (non-hydrogen) atoms. The van der Waals surface area contributed by atoms with Gasteiger partial charge in [-0.05, 0) is 68.2 Å². The second-order valence-electron chi connectivity index (χ2n) is 17.5. The Hall–Kier alpha value is -8.36. The number of aliphatic imine (C=N–C) groups is 2. The zero-order chi connectivity index (χ0) is 54.3. The number of aliphatic hydroxyl groups is 1. The Morgan fingerprint density at radius 3 is 1.96 bits per heavy atom. The highest BCUT2D eigenvalue weighted by Gasteiger charge is 2.35. The summed E-state index contributed by atoms with van der Waals surface area (Å²) in [5.41, 5.74) is 28.8. The van der Waals surface area contributed by atoms with Crippen LogP contribution in [0.15, 0.2) is 64.7 Å². The van der Waals surface area contributed by atoms with Gasteiger partial charge in [0, 0.05) is 62.9 Å². The number of hydrogen-bond donors (Lipinski definition) is 15. The number of fused-ring (bicyclic) bond motifs is 1. The van der Waals surface area contributed by atoms with E-state index in [2.05, 4.69) is 57.5 Å². The summed E-state index contributed by atoms with van der Waals surface area (Å²) in [6.07, 6.45) is 0.314. The molecule has 26 nitrogen and oxygen atoms in total. The molecule has 2 aromatic carbocycles. The normalized spacial score (nSPS) is 21.2. The fraction of sp³-hybridized carbons (Fsp3) is 0.468. The molecule has 3 aromatic rings. The van der Waals surface area contributed by atoms with Crippen molar-refractivity contribution in [3.8, 4) is 0 Å². The summed E-state index contributed by atoms with van der Waals surface area (Å²) in [5.74, 6) is -9.26. The van der Waals surface area contributed by atoms with Crippen LogP contribution < -0.4 is 71.2 Å². The summed E-state index contributed by atoms with van der Waals surface area (Å²) >= 11 is 0. The molecule has 402 valence electrons. The molecular formula is C47H67FN16O10. The molecule has 1 fully saturated rings. The Labute approximate surface area is 425 Å². The van der Waals surface area contributed by atoms with Crippen LogP contribution in [0.4, 0.5) is 4.39 Å². The van der Waals surface area contributed by atoms with Gasteiger partial charge < -0.3 is 81.3 Å². The van der Waals surface area contributed by atoms with Crippen molar-refractivity contribution in [3.05, 3.63) is 71.7 Å². The van der Waals surface area contributed by atoms with Gasteiger partial charge in [0.05, 0.1) is 6.61 Å². The van der Waals surface area contributed by atoms with Gasteiger partial charge in [-0.3, -0.25) is 53.1 Å². The molecule has 1 aliphatic heterocycles. The fourth-order valence-electron chi connectivity index (χ4n) is 7.89. The number of hydrogen-bond acceptors (Lipinski definition) is 12. The molecule has 9 amide bonds. The minimum atomic E-state index is -1.83. The molecule has 1 saturated heterocycles. The number of aromatic nitrogens is 1. The molecule has 7 atom stereocenters. The number of halogens is 1. The number of nitrogens with one attached hydrogen (secondary N) is 9. The maximum absolute atomic E-state index is 15.2. The fourth-order valence-corrected chi connectivity index (χ4v) is 7.89. The lowest BCUT2D eigenvalue weighted by Crippen LogP contribution is -2.61. The maximum Gasteiger partial charge on any atom is 0.245 e. The van der Waals surface area contributed by atoms with Crippen LogP contribution in [0.1, 0.15) is 69.4 Å². The number of nitrogens with two attached hydrogens (primary N) is 5. The van der Waals surface area contributed by atoms with Crippen LogP contribution in [0.2, 0.25) is 0 Å². The smallest absolute Gasteiger partial charge is 0.245 e. The Balaban J connectivity index is 1.75. The van der Waals surface area contributed by atoms with Crippen molar-refractivity contribution in [1.29, 1.82) is 0 Å². The minimum Gasteiger partial charge on any atom is -0.394 e. The average Bonchev–Trinajstić information content (AvgIpc) is 3.76. The largest absolute Gasteiger partial charge is 0.394 e. The van der Waals surface area contributed by atoms with Crippen LogP contribution in [-0.4, -0.2) is 144 Å². The zero-order valence-electron chi connectivity index (χ0n) is 40.9. The zero-order valence-corrected chi connectivity index (χ0v) is 40.9. The second-order valence-corrected chi connectivity index (χ2v) is 17.5. The molecule has 0 bridgehead atoms. The number of amides is 9. The maximum atomic E-state index is 15.2. The van der Waals surface area contributed by atoms with E-state index in [0.29, 0.717) is 5.56 Å². The number of carbonyl (C=O) groups excluding carboxylic acids is 9. The van der Waals surface area contributed by atoms with Gasteiger partial charge in [0.2, 0.25) is 53.2 Å². The Morgan fingerprint density at radius 1 is 0.730 bits per heavy atom. The van der Waals surface area contributed by atoms with Gasteiger partial charge in [-0.2, -0.15) is 0 Å². The first kappa shape index (κ1) is 58.2.